The maximum atomic E-state index is 11.9. The van der Waals surface area contributed by atoms with Gasteiger partial charge in [-0.1, -0.05) is 5.11 Å². The molecule has 0 saturated carbocycles. The molecule has 89 valence electrons. The van der Waals surface area contributed by atoms with Crippen LogP contribution in [-0.4, -0.2) is 35.2 Å². The van der Waals surface area contributed by atoms with Crippen molar-refractivity contribution in [1.82, 2.24) is 10.4 Å². The van der Waals surface area contributed by atoms with Gasteiger partial charge in [-0.3, -0.25) is 4.99 Å². The normalized spacial score (nSPS) is 25.2. The third kappa shape index (κ3) is 2.27. The van der Waals surface area contributed by atoms with Gasteiger partial charge in [-0.05, 0) is 33.2 Å². The molecule has 1 aliphatic rings. The molecule has 0 aromatic heterocycles. The van der Waals surface area contributed by atoms with E-state index in [9.17, 15) is 5.21 Å². The minimum Gasteiger partial charge on any atom is -0.353 e. The zero-order chi connectivity index (χ0) is 12.4. The van der Waals surface area contributed by atoms with E-state index in [0.29, 0.717) is 18.9 Å². The summed E-state index contributed by atoms with van der Waals surface area (Å²) in [4.78, 5) is 6.90. The molecular formula is C9H17N6O. The molecule has 0 aromatic carbocycles. The molecule has 1 rings (SSSR count). The second-order valence-electron chi connectivity index (χ2n) is 4.72. The molecule has 1 saturated heterocycles. The molecule has 7 heteroatoms. The minimum atomic E-state index is -0.667. The number of amidine groups is 1. The Hall–Kier alpha value is -1.30. The van der Waals surface area contributed by atoms with Crippen molar-refractivity contribution >= 4 is 5.84 Å². The molecule has 16 heavy (non-hydrogen) atoms. The van der Waals surface area contributed by atoms with Crippen LogP contribution in [0.5, 0.6) is 0 Å². The van der Waals surface area contributed by atoms with Crippen molar-refractivity contribution in [2.75, 3.05) is 13.1 Å². The van der Waals surface area contributed by atoms with Gasteiger partial charge in [0.15, 0.2) is 0 Å². The van der Waals surface area contributed by atoms with E-state index in [1.54, 1.807) is 13.8 Å². The monoisotopic (exact) mass is 225 g/mol. The highest BCUT2D eigenvalue weighted by molar-refractivity contribution is 5.93. The summed E-state index contributed by atoms with van der Waals surface area (Å²) in [6.45, 7) is 7.93. The lowest BCUT2D eigenvalue weighted by atomic mass is 10.1. The van der Waals surface area contributed by atoms with Gasteiger partial charge in [-0.25, -0.2) is 0 Å². The maximum Gasteiger partial charge on any atom is 0.120 e. The van der Waals surface area contributed by atoms with Gasteiger partial charge in [-0.2, -0.15) is 0 Å². The molecule has 0 unspecified atom stereocenters. The maximum absolute atomic E-state index is 11.9. The average molecular weight is 225 g/mol. The van der Waals surface area contributed by atoms with Crippen LogP contribution >= 0.6 is 0 Å². The summed E-state index contributed by atoms with van der Waals surface area (Å²) in [6, 6.07) is 0. The van der Waals surface area contributed by atoms with Gasteiger partial charge in [0.25, 0.3) is 0 Å². The fraction of sp³-hybridized carbons (Fsp3) is 0.889. The van der Waals surface area contributed by atoms with Crippen LogP contribution in [0.2, 0.25) is 0 Å². The van der Waals surface area contributed by atoms with E-state index in [1.807, 2.05) is 13.8 Å². The van der Waals surface area contributed by atoms with Crippen LogP contribution in [0.25, 0.3) is 10.4 Å². The van der Waals surface area contributed by atoms with Crippen LogP contribution < -0.4 is 5.32 Å². The van der Waals surface area contributed by atoms with Crippen molar-refractivity contribution in [3.8, 4) is 0 Å². The zero-order valence-corrected chi connectivity index (χ0v) is 10.1. The fourth-order valence-electron chi connectivity index (χ4n) is 1.77. The number of nitrogens with one attached hydrogen (secondary N) is 1. The van der Waals surface area contributed by atoms with Crippen LogP contribution in [0, 0.1) is 0 Å². The van der Waals surface area contributed by atoms with Crippen LogP contribution in [0.1, 0.15) is 27.7 Å². The summed E-state index contributed by atoms with van der Waals surface area (Å²) in [7, 11) is 0. The Balaban J connectivity index is 2.78. The summed E-state index contributed by atoms with van der Waals surface area (Å²) in [5.74, 6) is 0.639. The Morgan fingerprint density at radius 1 is 1.38 bits per heavy atom. The summed E-state index contributed by atoms with van der Waals surface area (Å²) < 4.78 is 0. The van der Waals surface area contributed by atoms with Crippen LogP contribution in [-0.2, 0) is 5.21 Å². The quantitative estimate of drug-likeness (QED) is 0.340. The zero-order valence-electron chi connectivity index (χ0n) is 10.1. The first-order chi connectivity index (χ1) is 7.32. The summed E-state index contributed by atoms with van der Waals surface area (Å²) in [5.41, 5.74) is 6.80. The van der Waals surface area contributed by atoms with E-state index in [-0.39, 0.29) is 0 Å². The molecule has 1 heterocycles. The first-order valence-electron chi connectivity index (χ1n) is 5.14. The van der Waals surface area contributed by atoms with Gasteiger partial charge in [0, 0.05) is 18.0 Å². The molecule has 0 spiro atoms. The number of nitrogens with zero attached hydrogens (tertiary/aromatic N) is 5. The van der Waals surface area contributed by atoms with Crippen molar-refractivity contribution in [2.45, 2.75) is 38.9 Å². The fourth-order valence-corrected chi connectivity index (χ4v) is 1.77. The lowest BCUT2D eigenvalue weighted by molar-refractivity contribution is -0.241. The highest BCUT2D eigenvalue weighted by atomic mass is 16.5. The molecule has 1 fully saturated rings. The van der Waals surface area contributed by atoms with Gasteiger partial charge < -0.3 is 5.32 Å². The van der Waals surface area contributed by atoms with Crippen molar-refractivity contribution in [3.05, 3.63) is 10.4 Å². The highest BCUT2D eigenvalue weighted by Crippen LogP contribution is 2.29. The first-order valence-corrected chi connectivity index (χ1v) is 5.14. The average Bonchev–Trinajstić information content (AvgIpc) is 2.34. The summed E-state index contributed by atoms with van der Waals surface area (Å²) in [6.07, 6.45) is 0. The van der Waals surface area contributed by atoms with E-state index >= 15 is 0 Å². The largest absolute Gasteiger partial charge is 0.353 e. The van der Waals surface area contributed by atoms with Crippen LogP contribution in [0.3, 0.4) is 0 Å². The SMILES string of the molecule is CC1(C)NC(=NCCN=[N+]=[N-])C(C)(C)N1[O]. The molecule has 7 nitrogen and oxygen atoms in total. The lowest BCUT2D eigenvalue weighted by Gasteiger charge is -2.28. The molecule has 1 radical (unpaired) electrons. The Morgan fingerprint density at radius 3 is 2.44 bits per heavy atom. The second kappa shape index (κ2) is 4.29. The lowest BCUT2D eigenvalue weighted by Crippen LogP contribution is -2.48. The number of rotatable bonds is 3. The topological polar surface area (TPSA) is 96.3 Å². The molecule has 0 aromatic rings. The highest BCUT2D eigenvalue weighted by Gasteiger charge is 2.50. The number of hydroxylamine groups is 2. The van der Waals surface area contributed by atoms with Gasteiger partial charge in [0.1, 0.15) is 17.0 Å². The molecule has 1 aliphatic heterocycles. The number of hydrogen-bond donors (Lipinski definition) is 1. The number of hydrogen-bond acceptors (Lipinski definition) is 3. The molecular weight excluding hydrogens is 208 g/mol. The van der Waals surface area contributed by atoms with Crippen molar-refractivity contribution in [3.63, 3.8) is 0 Å². The van der Waals surface area contributed by atoms with Crippen LogP contribution in [0.15, 0.2) is 10.1 Å². The second-order valence-corrected chi connectivity index (χ2v) is 4.72. The number of azide groups is 1. The Bertz CT molecular complexity index is 342. The van der Waals surface area contributed by atoms with Crippen molar-refractivity contribution < 1.29 is 5.21 Å². The Morgan fingerprint density at radius 2 is 2.00 bits per heavy atom. The first kappa shape index (κ1) is 12.8. The van der Waals surface area contributed by atoms with E-state index in [4.69, 9.17) is 5.53 Å². The smallest absolute Gasteiger partial charge is 0.120 e. The van der Waals surface area contributed by atoms with Gasteiger partial charge in [0.05, 0.1) is 0 Å². The predicted octanol–water partition coefficient (Wildman–Crippen LogP) is 1.46. The van der Waals surface area contributed by atoms with Crippen LogP contribution in [0.4, 0.5) is 0 Å². The van der Waals surface area contributed by atoms with Gasteiger partial charge >= 0.3 is 0 Å². The van der Waals surface area contributed by atoms with Gasteiger partial charge in [-0.15, -0.1) is 10.3 Å². The third-order valence-electron chi connectivity index (χ3n) is 2.55. The van der Waals surface area contributed by atoms with Crippen molar-refractivity contribution in [2.24, 2.45) is 10.1 Å². The van der Waals surface area contributed by atoms with E-state index < -0.39 is 11.2 Å². The Labute approximate surface area is 94.7 Å². The van der Waals surface area contributed by atoms with Gasteiger partial charge in [0.2, 0.25) is 0 Å². The third-order valence-corrected chi connectivity index (χ3v) is 2.55. The van der Waals surface area contributed by atoms with E-state index in [0.717, 1.165) is 5.06 Å². The molecule has 0 bridgehead atoms. The Kier molecular flexibility index (Phi) is 3.42. The summed E-state index contributed by atoms with van der Waals surface area (Å²) in [5, 5.41) is 19.4. The molecule has 0 atom stereocenters. The predicted molar refractivity (Wildman–Crippen MR) is 60.1 cm³/mol. The molecule has 0 amide bonds. The molecule has 1 N–H and O–H groups in total. The van der Waals surface area contributed by atoms with Crippen molar-refractivity contribution in [1.29, 1.82) is 0 Å². The standard InChI is InChI=1S/C9H17N6O/c1-8(2)7(11-5-6-12-14-10)13-9(3,4)15(8)16/h5-6H2,1-4H3,(H,11,13). The minimum absolute atomic E-state index is 0.303. The van der Waals surface area contributed by atoms with E-state index in [2.05, 4.69) is 20.3 Å². The summed E-state index contributed by atoms with van der Waals surface area (Å²) >= 11 is 0. The van der Waals surface area contributed by atoms with E-state index in [1.165, 1.54) is 0 Å². The molecule has 0 aliphatic carbocycles. The number of aliphatic imine (C=N–C) groups is 1.